The molecule has 186 valence electrons. The van der Waals surface area contributed by atoms with Crippen LogP contribution in [0.5, 0.6) is 17.2 Å². The van der Waals surface area contributed by atoms with Crippen LogP contribution >= 0.6 is 11.5 Å². The molecule has 0 unspecified atom stereocenters. The van der Waals surface area contributed by atoms with Crippen LogP contribution in [0, 0.1) is 5.92 Å². The Balaban J connectivity index is 1.22. The molecule has 1 aromatic heterocycles. The van der Waals surface area contributed by atoms with Gasteiger partial charge in [-0.1, -0.05) is 18.2 Å². The van der Waals surface area contributed by atoms with Gasteiger partial charge in [0, 0.05) is 43.5 Å². The first kappa shape index (κ1) is 24.8. The van der Waals surface area contributed by atoms with Crippen molar-refractivity contribution in [3.8, 4) is 17.2 Å². The number of benzene rings is 2. The van der Waals surface area contributed by atoms with Crippen LogP contribution in [0.15, 0.2) is 42.5 Å². The van der Waals surface area contributed by atoms with E-state index in [9.17, 15) is 4.79 Å². The summed E-state index contributed by atoms with van der Waals surface area (Å²) in [7, 11) is 4.91. The van der Waals surface area contributed by atoms with E-state index in [-0.39, 0.29) is 11.8 Å². The van der Waals surface area contributed by atoms with Gasteiger partial charge < -0.3 is 24.4 Å². The van der Waals surface area contributed by atoms with Crippen molar-refractivity contribution in [2.75, 3.05) is 45.9 Å². The minimum atomic E-state index is 0.0285. The maximum absolute atomic E-state index is 12.7. The number of hydrogen-bond acceptors (Lipinski definition) is 8. The van der Waals surface area contributed by atoms with Crippen molar-refractivity contribution in [1.82, 2.24) is 14.7 Å². The third-order valence-corrected chi connectivity index (χ3v) is 7.07. The number of piperidine rings is 1. The van der Waals surface area contributed by atoms with E-state index >= 15 is 0 Å². The molecular formula is C26H32N4O4S. The first-order valence-electron chi connectivity index (χ1n) is 11.8. The van der Waals surface area contributed by atoms with E-state index in [1.54, 1.807) is 21.3 Å². The summed E-state index contributed by atoms with van der Waals surface area (Å²) < 4.78 is 20.5. The number of ether oxygens (including phenoxy) is 3. The average Bonchev–Trinajstić information content (AvgIpc) is 3.37. The molecule has 3 aromatic rings. The Morgan fingerprint density at radius 1 is 1.03 bits per heavy atom. The summed E-state index contributed by atoms with van der Waals surface area (Å²) in [6.07, 6.45) is 3.04. The molecule has 9 heteroatoms. The van der Waals surface area contributed by atoms with Gasteiger partial charge >= 0.3 is 0 Å². The fourth-order valence-corrected chi connectivity index (χ4v) is 4.99. The Morgan fingerprint density at radius 3 is 2.57 bits per heavy atom. The molecule has 0 bridgehead atoms. The van der Waals surface area contributed by atoms with Crippen molar-refractivity contribution in [3.05, 3.63) is 59.4 Å². The minimum Gasteiger partial charge on any atom is -0.497 e. The van der Waals surface area contributed by atoms with Gasteiger partial charge in [-0.05, 0) is 54.7 Å². The summed E-state index contributed by atoms with van der Waals surface area (Å²) in [5, 5.41) is 4.02. The zero-order valence-electron chi connectivity index (χ0n) is 20.5. The van der Waals surface area contributed by atoms with Gasteiger partial charge in [-0.15, -0.1) is 0 Å². The van der Waals surface area contributed by atoms with Gasteiger partial charge in [0.25, 0.3) is 0 Å². The number of carbonyl (C=O) groups is 1. The largest absolute Gasteiger partial charge is 0.497 e. The van der Waals surface area contributed by atoms with Gasteiger partial charge in [0.15, 0.2) is 11.5 Å². The number of amides is 1. The molecule has 0 saturated carbocycles. The average molecular weight is 497 g/mol. The van der Waals surface area contributed by atoms with Crippen molar-refractivity contribution in [1.29, 1.82) is 0 Å². The van der Waals surface area contributed by atoms with Crippen LogP contribution in [0.3, 0.4) is 0 Å². The van der Waals surface area contributed by atoms with Gasteiger partial charge in [-0.25, -0.2) is 4.98 Å². The highest BCUT2D eigenvalue weighted by molar-refractivity contribution is 7.09. The van der Waals surface area contributed by atoms with Crippen LogP contribution in [0.25, 0.3) is 0 Å². The normalized spacial score (nSPS) is 14.0. The number of aromatic nitrogens is 2. The van der Waals surface area contributed by atoms with Crippen LogP contribution < -0.4 is 24.4 Å². The molecule has 4 rings (SSSR count). The van der Waals surface area contributed by atoms with E-state index in [1.807, 2.05) is 36.4 Å². The lowest BCUT2D eigenvalue weighted by Gasteiger charge is -2.30. The lowest BCUT2D eigenvalue weighted by atomic mass is 9.96. The molecule has 1 N–H and O–H groups in total. The van der Waals surface area contributed by atoms with Crippen molar-refractivity contribution in [2.24, 2.45) is 5.92 Å². The van der Waals surface area contributed by atoms with Gasteiger partial charge in [0.1, 0.15) is 11.6 Å². The predicted octanol–water partition coefficient (Wildman–Crippen LogP) is 3.73. The molecule has 35 heavy (non-hydrogen) atoms. The van der Waals surface area contributed by atoms with Gasteiger partial charge in [-0.2, -0.15) is 4.37 Å². The SMILES string of the molecule is COc1cccc(Cc2nsc(N3CCC(C(=O)NCCc4ccc(OC)c(OC)c4)CC3)n2)c1. The molecule has 1 amide bonds. The lowest BCUT2D eigenvalue weighted by molar-refractivity contribution is -0.125. The van der Waals surface area contributed by atoms with Crippen molar-refractivity contribution in [2.45, 2.75) is 25.7 Å². The molecule has 2 heterocycles. The van der Waals surface area contributed by atoms with E-state index in [0.717, 1.165) is 60.2 Å². The third-order valence-electron chi connectivity index (χ3n) is 6.25. The highest BCUT2D eigenvalue weighted by Gasteiger charge is 2.26. The van der Waals surface area contributed by atoms with Crippen LogP contribution in [-0.4, -0.2) is 56.2 Å². The van der Waals surface area contributed by atoms with E-state index in [4.69, 9.17) is 19.2 Å². The standard InChI is InChI=1S/C26H32N4O4S/c1-32-21-6-4-5-19(15-21)17-24-28-26(35-29-24)30-13-10-20(11-14-30)25(31)27-12-9-18-7-8-22(33-2)23(16-18)34-3/h4-8,15-16,20H,9-14,17H2,1-3H3,(H,27,31). The van der Waals surface area contributed by atoms with Crippen LogP contribution in [0.1, 0.15) is 29.8 Å². The Morgan fingerprint density at radius 2 is 1.83 bits per heavy atom. The topological polar surface area (TPSA) is 85.8 Å². The fraction of sp³-hybridized carbons (Fsp3) is 0.423. The second-order valence-corrected chi connectivity index (χ2v) is 9.24. The number of hydrogen-bond donors (Lipinski definition) is 1. The number of nitrogens with one attached hydrogen (secondary N) is 1. The molecule has 0 spiro atoms. The van der Waals surface area contributed by atoms with E-state index in [2.05, 4.69) is 20.7 Å². The smallest absolute Gasteiger partial charge is 0.223 e. The summed E-state index contributed by atoms with van der Waals surface area (Å²) in [6, 6.07) is 13.8. The summed E-state index contributed by atoms with van der Waals surface area (Å²) in [5.41, 5.74) is 2.22. The van der Waals surface area contributed by atoms with Gasteiger partial charge in [0.2, 0.25) is 11.0 Å². The second-order valence-electron chi connectivity index (χ2n) is 8.51. The maximum atomic E-state index is 12.7. The highest BCUT2D eigenvalue weighted by Crippen LogP contribution is 2.28. The summed E-state index contributed by atoms with van der Waals surface area (Å²) >= 11 is 1.43. The monoisotopic (exact) mass is 496 g/mol. The van der Waals surface area contributed by atoms with Crippen molar-refractivity contribution in [3.63, 3.8) is 0 Å². The zero-order chi connectivity index (χ0) is 24.6. The second kappa shape index (κ2) is 11.9. The van der Waals surface area contributed by atoms with Crippen LogP contribution in [-0.2, 0) is 17.6 Å². The maximum Gasteiger partial charge on any atom is 0.223 e. The molecule has 1 fully saturated rings. The zero-order valence-corrected chi connectivity index (χ0v) is 21.3. The van der Waals surface area contributed by atoms with E-state index < -0.39 is 0 Å². The number of rotatable bonds is 10. The molecular weight excluding hydrogens is 464 g/mol. The molecule has 0 aliphatic carbocycles. The minimum absolute atomic E-state index is 0.0285. The molecule has 0 atom stereocenters. The molecule has 8 nitrogen and oxygen atoms in total. The quantitative estimate of drug-likeness (QED) is 0.458. The fourth-order valence-electron chi connectivity index (χ4n) is 4.25. The van der Waals surface area contributed by atoms with Crippen molar-refractivity contribution < 1.29 is 19.0 Å². The first-order valence-corrected chi connectivity index (χ1v) is 12.6. The van der Waals surface area contributed by atoms with E-state index in [0.29, 0.717) is 24.5 Å². The summed E-state index contributed by atoms with van der Waals surface area (Å²) in [5.74, 6) is 3.21. The Kier molecular flexibility index (Phi) is 8.41. The Labute approximate surface area is 210 Å². The first-order chi connectivity index (χ1) is 17.1. The molecule has 1 aliphatic heterocycles. The number of methoxy groups -OCH3 is 3. The van der Waals surface area contributed by atoms with Crippen molar-refractivity contribution >= 4 is 22.6 Å². The predicted molar refractivity (Wildman–Crippen MR) is 137 cm³/mol. The third kappa shape index (κ3) is 6.42. The lowest BCUT2D eigenvalue weighted by Crippen LogP contribution is -2.41. The summed E-state index contributed by atoms with van der Waals surface area (Å²) in [4.78, 5) is 19.7. The number of nitrogens with zero attached hydrogens (tertiary/aromatic N) is 3. The number of carbonyl (C=O) groups excluding carboxylic acids is 1. The van der Waals surface area contributed by atoms with Crippen LogP contribution in [0.4, 0.5) is 5.13 Å². The number of anilines is 1. The molecule has 0 radical (unpaired) electrons. The Bertz CT molecular complexity index is 1130. The molecule has 1 saturated heterocycles. The molecule has 2 aromatic carbocycles. The van der Waals surface area contributed by atoms with Gasteiger partial charge in [-0.3, -0.25) is 4.79 Å². The molecule has 1 aliphatic rings. The van der Waals surface area contributed by atoms with Gasteiger partial charge in [0.05, 0.1) is 21.3 Å². The highest BCUT2D eigenvalue weighted by atomic mass is 32.1. The van der Waals surface area contributed by atoms with Crippen LogP contribution in [0.2, 0.25) is 0 Å². The Hall–Kier alpha value is -3.33. The summed E-state index contributed by atoms with van der Waals surface area (Å²) in [6.45, 7) is 2.21. The van der Waals surface area contributed by atoms with E-state index in [1.165, 1.54) is 11.5 Å².